The fourth-order valence-electron chi connectivity index (χ4n) is 2.17. The van der Waals surface area contributed by atoms with Gasteiger partial charge in [-0.05, 0) is 18.6 Å². The second-order valence-electron chi connectivity index (χ2n) is 4.56. The highest BCUT2D eigenvalue weighted by Crippen LogP contribution is 2.17. The van der Waals surface area contributed by atoms with Gasteiger partial charge in [-0.15, -0.1) is 0 Å². The number of nitrogens with one attached hydrogen (secondary N) is 1. The van der Waals surface area contributed by atoms with Gasteiger partial charge < -0.3 is 9.64 Å². The summed E-state index contributed by atoms with van der Waals surface area (Å²) in [5, 5.41) is 0.453. The maximum atomic E-state index is 11.9. The molecule has 1 aromatic carbocycles. The largest absolute Gasteiger partial charge is 0.453 e. The van der Waals surface area contributed by atoms with Gasteiger partial charge in [-0.3, -0.25) is 0 Å². The molecule has 0 amide bonds. The van der Waals surface area contributed by atoms with E-state index in [9.17, 15) is 4.79 Å². The second-order valence-corrected chi connectivity index (χ2v) is 4.97. The zero-order valence-electron chi connectivity index (χ0n) is 9.91. The first kappa shape index (κ1) is 12.4. The van der Waals surface area contributed by atoms with Crippen LogP contribution in [0.4, 0.5) is 0 Å². The fourth-order valence-corrected chi connectivity index (χ4v) is 2.38. The van der Waals surface area contributed by atoms with Gasteiger partial charge in [-0.1, -0.05) is 23.7 Å². The molecule has 2 atom stereocenters. The van der Waals surface area contributed by atoms with Crippen LogP contribution < -0.4 is 4.90 Å². The lowest BCUT2D eigenvalue weighted by Gasteiger charge is -2.26. The van der Waals surface area contributed by atoms with Crippen molar-refractivity contribution in [1.29, 1.82) is 0 Å². The highest BCUT2D eigenvalue weighted by Gasteiger charge is 2.24. The Kier molecular flexibility index (Phi) is 4.02. The Morgan fingerprint density at radius 3 is 2.94 bits per heavy atom. The minimum absolute atomic E-state index is 0.0209. The van der Waals surface area contributed by atoms with Crippen molar-refractivity contribution in [2.24, 2.45) is 0 Å². The zero-order valence-corrected chi connectivity index (χ0v) is 10.7. The predicted molar refractivity (Wildman–Crippen MR) is 66.5 cm³/mol. The number of esters is 1. The number of ether oxygens (including phenoxy) is 1. The van der Waals surface area contributed by atoms with Crippen molar-refractivity contribution in [3.05, 3.63) is 34.9 Å². The highest BCUT2D eigenvalue weighted by atomic mass is 35.5. The number of quaternary nitrogens is 1. The van der Waals surface area contributed by atoms with Crippen molar-refractivity contribution in [3.63, 3.8) is 0 Å². The molecule has 1 saturated heterocycles. The van der Waals surface area contributed by atoms with Crippen LogP contribution >= 0.6 is 11.6 Å². The molecule has 0 aromatic heterocycles. The smallest absolute Gasteiger partial charge is 0.340 e. The fraction of sp³-hybridized carbons (Fsp3) is 0.462. The van der Waals surface area contributed by atoms with E-state index >= 15 is 0 Å². The Hall–Kier alpha value is -1.06. The Morgan fingerprint density at radius 1 is 1.47 bits per heavy atom. The highest BCUT2D eigenvalue weighted by molar-refractivity contribution is 6.33. The molecule has 0 radical (unpaired) electrons. The number of rotatable bonds is 2. The maximum absolute atomic E-state index is 11.9. The SMILES string of the molecule is C[NH+]1CCC[C@@H](OC(=O)c2ccccc2Cl)C1. The molecular formula is C13H17ClNO2+. The number of piperidine rings is 1. The van der Waals surface area contributed by atoms with Crippen LogP contribution in [0.3, 0.4) is 0 Å². The average molecular weight is 255 g/mol. The molecule has 1 heterocycles. The number of halogens is 1. The Bertz CT molecular complexity index is 408. The van der Waals surface area contributed by atoms with E-state index < -0.39 is 0 Å². The normalized spacial score (nSPS) is 24.4. The van der Waals surface area contributed by atoms with Gasteiger partial charge in [0.05, 0.1) is 24.2 Å². The molecule has 1 unspecified atom stereocenters. The molecule has 3 nitrogen and oxygen atoms in total. The number of benzene rings is 1. The number of hydrogen-bond donors (Lipinski definition) is 1. The second kappa shape index (κ2) is 5.52. The molecule has 1 N–H and O–H groups in total. The minimum Gasteiger partial charge on any atom is -0.453 e. The van der Waals surface area contributed by atoms with Crippen molar-refractivity contribution in [1.82, 2.24) is 0 Å². The van der Waals surface area contributed by atoms with Crippen LogP contribution in [0.1, 0.15) is 23.2 Å². The molecule has 4 heteroatoms. The Labute approximate surface area is 106 Å². The Balaban J connectivity index is 1.99. The summed E-state index contributed by atoms with van der Waals surface area (Å²) in [7, 11) is 2.12. The predicted octanol–water partition coefficient (Wildman–Crippen LogP) is 1.17. The first-order valence-electron chi connectivity index (χ1n) is 5.93. The Morgan fingerprint density at radius 2 is 2.24 bits per heavy atom. The molecular weight excluding hydrogens is 238 g/mol. The molecule has 1 aliphatic heterocycles. The number of likely N-dealkylation sites (N-methyl/N-ethyl adjacent to an activating group) is 1. The van der Waals surface area contributed by atoms with Crippen LogP contribution in [-0.4, -0.2) is 32.2 Å². The van der Waals surface area contributed by atoms with Crippen molar-refractivity contribution in [2.45, 2.75) is 18.9 Å². The standard InChI is InChI=1S/C13H16ClNO2/c1-15-8-4-5-10(9-15)17-13(16)11-6-2-3-7-12(11)14/h2-3,6-7,10H,4-5,8-9H2,1H3/p+1/t10-/m1/s1. The van der Waals surface area contributed by atoms with Crippen LogP contribution in [-0.2, 0) is 4.74 Å². The molecule has 17 heavy (non-hydrogen) atoms. The van der Waals surface area contributed by atoms with Gasteiger partial charge in [-0.2, -0.15) is 0 Å². The molecule has 1 aliphatic rings. The summed E-state index contributed by atoms with van der Waals surface area (Å²) in [6.07, 6.45) is 2.08. The van der Waals surface area contributed by atoms with Crippen LogP contribution in [0.15, 0.2) is 24.3 Å². The van der Waals surface area contributed by atoms with E-state index in [1.165, 1.54) is 4.90 Å². The first-order chi connectivity index (χ1) is 8.16. The molecule has 2 rings (SSSR count). The molecule has 0 aliphatic carbocycles. The van der Waals surface area contributed by atoms with Crippen LogP contribution in [0, 0.1) is 0 Å². The third kappa shape index (κ3) is 3.20. The molecule has 0 spiro atoms. The summed E-state index contributed by atoms with van der Waals surface area (Å²) in [5.41, 5.74) is 0.456. The average Bonchev–Trinajstić information content (AvgIpc) is 2.29. The molecule has 92 valence electrons. The maximum Gasteiger partial charge on any atom is 0.340 e. The summed E-state index contributed by atoms with van der Waals surface area (Å²) in [4.78, 5) is 13.3. The van der Waals surface area contributed by atoms with Gasteiger partial charge in [0, 0.05) is 6.42 Å². The minimum atomic E-state index is -0.310. The molecule has 0 bridgehead atoms. The van der Waals surface area contributed by atoms with Gasteiger partial charge in [0.15, 0.2) is 6.10 Å². The van der Waals surface area contributed by atoms with Crippen molar-refractivity contribution < 1.29 is 14.4 Å². The summed E-state index contributed by atoms with van der Waals surface area (Å²) in [6, 6.07) is 7.00. The topological polar surface area (TPSA) is 30.7 Å². The molecule has 0 saturated carbocycles. The van der Waals surface area contributed by atoms with E-state index in [1.807, 2.05) is 0 Å². The van der Waals surface area contributed by atoms with Gasteiger partial charge in [-0.25, -0.2) is 4.79 Å². The van der Waals surface area contributed by atoms with Crippen LogP contribution in [0.2, 0.25) is 5.02 Å². The lowest BCUT2D eigenvalue weighted by Crippen LogP contribution is -3.11. The summed E-state index contributed by atoms with van der Waals surface area (Å²) < 4.78 is 5.48. The lowest BCUT2D eigenvalue weighted by molar-refractivity contribution is -0.888. The van der Waals surface area contributed by atoms with Crippen LogP contribution in [0.25, 0.3) is 0 Å². The van der Waals surface area contributed by atoms with E-state index in [0.29, 0.717) is 10.6 Å². The summed E-state index contributed by atoms with van der Waals surface area (Å²) >= 11 is 5.96. The van der Waals surface area contributed by atoms with Crippen molar-refractivity contribution in [2.75, 3.05) is 20.1 Å². The van der Waals surface area contributed by atoms with Gasteiger partial charge in [0.25, 0.3) is 0 Å². The molecule has 1 aromatic rings. The first-order valence-corrected chi connectivity index (χ1v) is 6.31. The third-order valence-electron chi connectivity index (χ3n) is 3.07. The third-order valence-corrected chi connectivity index (χ3v) is 3.40. The zero-order chi connectivity index (χ0) is 12.3. The quantitative estimate of drug-likeness (QED) is 0.804. The number of carbonyl (C=O) groups is 1. The van der Waals surface area contributed by atoms with Crippen molar-refractivity contribution in [3.8, 4) is 0 Å². The van der Waals surface area contributed by atoms with Gasteiger partial charge in [0.2, 0.25) is 0 Å². The summed E-state index contributed by atoms with van der Waals surface area (Å²) in [6.45, 7) is 2.04. The van der Waals surface area contributed by atoms with E-state index in [-0.39, 0.29) is 12.1 Å². The van der Waals surface area contributed by atoms with Gasteiger partial charge in [0.1, 0.15) is 6.54 Å². The van der Waals surface area contributed by atoms with Crippen LogP contribution in [0.5, 0.6) is 0 Å². The van der Waals surface area contributed by atoms with Crippen molar-refractivity contribution >= 4 is 17.6 Å². The van der Waals surface area contributed by atoms with E-state index in [4.69, 9.17) is 16.3 Å². The lowest BCUT2D eigenvalue weighted by atomic mass is 10.1. The number of hydrogen-bond acceptors (Lipinski definition) is 2. The number of carbonyl (C=O) groups excluding carboxylic acids is 1. The number of likely N-dealkylation sites (tertiary alicyclic amines) is 1. The summed E-state index contributed by atoms with van der Waals surface area (Å²) in [5.74, 6) is -0.310. The van der Waals surface area contributed by atoms with E-state index in [1.54, 1.807) is 24.3 Å². The van der Waals surface area contributed by atoms with Gasteiger partial charge >= 0.3 is 5.97 Å². The monoisotopic (exact) mass is 254 g/mol. The molecule has 1 fully saturated rings. The van der Waals surface area contributed by atoms with E-state index in [2.05, 4.69) is 7.05 Å². The van der Waals surface area contributed by atoms with E-state index in [0.717, 1.165) is 25.9 Å².